The smallest absolute Gasteiger partial charge is 0.0474 e. The molecule has 0 unspecified atom stereocenters. The molecule has 96 valence electrons. The molecule has 1 aliphatic rings. The summed E-state index contributed by atoms with van der Waals surface area (Å²) in [6.07, 6.45) is 7.76. The van der Waals surface area contributed by atoms with Crippen molar-refractivity contribution in [2.45, 2.75) is 51.0 Å². The lowest BCUT2D eigenvalue weighted by atomic mass is 9.80. The molecule has 2 N–H and O–H groups in total. The fraction of sp³-hybridized carbons (Fsp3) is 1.00. The summed E-state index contributed by atoms with van der Waals surface area (Å²) in [5, 5.41) is 0. The van der Waals surface area contributed by atoms with Crippen molar-refractivity contribution in [2.24, 2.45) is 5.73 Å². The van der Waals surface area contributed by atoms with E-state index in [0.717, 1.165) is 32.7 Å². The molecule has 0 bridgehead atoms. The zero-order valence-corrected chi connectivity index (χ0v) is 11.0. The molecule has 0 aromatic carbocycles. The standard InChI is InChI=1S/C13H28N2O/c1-3-15(10-7-11-16-2)13(12-14)8-5-4-6-9-13/h3-12,14H2,1-2H3. The van der Waals surface area contributed by atoms with Gasteiger partial charge in [-0.15, -0.1) is 0 Å². The van der Waals surface area contributed by atoms with Crippen molar-refractivity contribution < 1.29 is 4.74 Å². The lowest BCUT2D eigenvalue weighted by Crippen LogP contribution is -2.55. The average Bonchev–Trinajstić information content (AvgIpc) is 2.35. The highest BCUT2D eigenvalue weighted by Gasteiger charge is 2.35. The molecule has 0 atom stereocenters. The maximum atomic E-state index is 6.05. The van der Waals surface area contributed by atoms with Crippen molar-refractivity contribution in [3.8, 4) is 0 Å². The van der Waals surface area contributed by atoms with Crippen LogP contribution in [0.2, 0.25) is 0 Å². The molecule has 0 aromatic rings. The third-order valence-corrected chi connectivity index (χ3v) is 3.99. The van der Waals surface area contributed by atoms with Crippen LogP contribution in [0.5, 0.6) is 0 Å². The Kier molecular flexibility index (Phi) is 6.32. The summed E-state index contributed by atoms with van der Waals surface area (Å²) >= 11 is 0. The number of hydrogen-bond donors (Lipinski definition) is 1. The molecule has 3 heteroatoms. The monoisotopic (exact) mass is 228 g/mol. The van der Waals surface area contributed by atoms with Gasteiger partial charge in [0.15, 0.2) is 0 Å². The predicted molar refractivity (Wildman–Crippen MR) is 68.6 cm³/mol. The Morgan fingerprint density at radius 2 is 1.94 bits per heavy atom. The maximum Gasteiger partial charge on any atom is 0.0474 e. The normalized spacial score (nSPS) is 20.2. The maximum absolute atomic E-state index is 6.05. The zero-order chi connectivity index (χ0) is 11.9. The zero-order valence-electron chi connectivity index (χ0n) is 11.0. The summed E-state index contributed by atoms with van der Waals surface area (Å²) < 4.78 is 5.13. The summed E-state index contributed by atoms with van der Waals surface area (Å²) in [5.41, 5.74) is 6.34. The molecule has 1 aliphatic carbocycles. The molecule has 1 saturated carbocycles. The molecular formula is C13H28N2O. The van der Waals surface area contributed by atoms with E-state index in [2.05, 4.69) is 11.8 Å². The van der Waals surface area contributed by atoms with Crippen LogP contribution < -0.4 is 5.73 Å². The SMILES string of the molecule is CCN(CCCOC)C1(CN)CCCCC1. The van der Waals surface area contributed by atoms with Gasteiger partial charge < -0.3 is 10.5 Å². The molecule has 0 aromatic heterocycles. The van der Waals surface area contributed by atoms with Gasteiger partial charge in [0.05, 0.1) is 0 Å². The highest BCUT2D eigenvalue weighted by molar-refractivity contribution is 4.93. The summed E-state index contributed by atoms with van der Waals surface area (Å²) in [6.45, 7) is 6.16. The van der Waals surface area contributed by atoms with Crippen LogP contribution in [-0.4, -0.2) is 43.8 Å². The Balaban J connectivity index is 2.51. The third kappa shape index (κ3) is 3.44. The highest BCUT2D eigenvalue weighted by Crippen LogP contribution is 2.32. The minimum Gasteiger partial charge on any atom is -0.385 e. The second-order valence-corrected chi connectivity index (χ2v) is 4.92. The van der Waals surface area contributed by atoms with E-state index in [4.69, 9.17) is 10.5 Å². The van der Waals surface area contributed by atoms with Gasteiger partial charge in [-0.1, -0.05) is 26.2 Å². The summed E-state index contributed by atoms with van der Waals surface area (Å²) in [7, 11) is 1.77. The third-order valence-electron chi connectivity index (χ3n) is 3.99. The first-order chi connectivity index (χ1) is 7.79. The molecule has 0 amide bonds. The van der Waals surface area contributed by atoms with Gasteiger partial charge in [0.25, 0.3) is 0 Å². The number of nitrogens with two attached hydrogens (primary N) is 1. The van der Waals surface area contributed by atoms with E-state index in [1.807, 2.05) is 0 Å². The van der Waals surface area contributed by atoms with Crippen LogP contribution in [0.3, 0.4) is 0 Å². The van der Waals surface area contributed by atoms with Crippen molar-refractivity contribution >= 4 is 0 Å². The van der Waals surface area contributed by atoms with E-state index in [-0.39, 0.29) is 0 Å². The number of likely N-dealkylation sites (N-methyl/N-ethyl adjacent to an activating group) is 1. The first-order valence-corrected chi connectivity index (χ1v) is 6.73. The first kappa shape index (κ1) is 13.9. The Morgan fingerprint density at radius 1 is 1.25 bits per heavy atom. The van der Waals surface area contributed by atoms with Crippen LogP contribution in [-0.2, 0) is 4.74 Å². The van der Waals surface area contributed by atoms with Crippen LogP contribution in [0, 0.1) is 0 Å². The largest absolute Gasteiger partial charge is 0.385 e. The van der Waals surface area contributed by atoms with Crippen LogP contribution >= 0.6 is 0 Å². The molecule has 0 heterocycles. The van der Waals surface area contributed by atoms with Crippen LogP contribution in [0.1, 0.15) is 45.4 Å². The van der Waals surface area contributed by atoms with Crippen molar-refractivity contribution in [3.63, 3.8) is 0 Å². The second kappa shape index (κ2) is 7.25. The first-order valence-electron chi connectivity index (χ1n) is 6.73. The molecule has 1 rings (SSSR count). The predicted octanol–water partition coefficient (Wildman–Crippen LogP) is 2.01. The topological polar surface area (TPSA) is 38.5 Å². The summed E-state index contributed by atoms with van der Waals surface area (Å²) in [5.74, 6) is 0. The van der Waals surface area contributed by atoms with Crippen molar-refractivity contribution in [1.82, 2.24) is 4.90 Å². The Labute approximate surface area is 100 Å². The van der Waals surface area contributed by atoms with E-state index in [1.54, 1.807) is 7.11 Å². The number of hydrogen-bond acceptors (Lipinski definition) is 3. The number of ether oxygens (including phenoxy) is 1. The average molecular weight is 228 g/mol. The molecule has 16 heavy (non-hydrogen) atoms. The minimum atomic E-state index is 0.292. The van der Waals surface area contributed by atoms with Crippen molar-refractivity contribution in [2.75, 3.05) is 33.4 Å². The van der Waals surface area contributed by atoms with Gasteiger partial charge in [-0.25, -0.2) is 0 Å². The van der Waals surface area contributed by atoms with Gasteiger partial charge >= 0.3 is 0 Å². The number of rotatable bonds is 7. The molecule has 0 saturated heterocycles. The van der Waals surface area contributed by atoms with E-state index in [9.17, 15) is 0 Å². The Morgan fingerprint density at radius 3 is 2.44 bits per heavy atom. The van der Waals surface area contributed by atoms with Crippen LogP contribution in [0.25, 0.3) is 0 Å². The van der Waals surface area contributed by atoms with Gasteiger partial charge in [-0.2, -0.15) is 0 Å². The molecule has 0 aliphatic heterocycles. The molecule has 0 spiro atoms. The fourth-order valence-corrected chi connectivity index (χ4v) is 2.99. The molecule has 3 nitrogen and oxygen atoms in total. The van der Waals surface area contributed by atoms with E-state index < -0.39 is 0 Å². The van der Waals surface area contributed by atoms with Gasteiger partial charge in [0, 0.05) is 32.3 Å². The minimum absolute atomic E-state index is 0.292. The molecule has 1 fully saturated rings. The fourth-order valence-electron chi connectivity index (χ4n) is 2.99. The van der Waals surface area contributed by atoms with Gasteiger partial charge in [0.1, 0.15) is 0 Å². The second-order valence-electron chi connectivity index (χ2n) is 4.92. The summed E-state index contributed by atoms with van der Waals surface area (Å²) in [4.78, 5) is 2.59. The Bertz CT molecular complexity index is 179. The van der Waals surface area contributed by atoms with E-state index >= 15 is 0 Å². The lowest BCUT2D eigenvalue weighted by Gasteiger charge is -2.45. The van der Waals surface area contributed by atoms with E-state index in [1.165, 1.54) is 32.1 Å². The Hall–Kier alpha value is -0.120. The number of methoxy groups -OCH3 is 1. The van der Waals surface area contributed by atoms with Crippen LogP contribution in [0.4, 0.5) is 0 Å². The molecular weight excluding hydrogens is 200 g/mol. The summed E-state index contributed by atoms with van der Waals surface area (Å²) in [6, 6.07) is 0. The quantitative estimate of drug-likeness (QED) is 0.677. The van der Waals surface area contributed by atoms with Gasteiger partial charge in [-0.05, 0) is 25.8 Å². The van der Waals surface area contributed by atoms with Gasteiger partial charge in [-0.3, -0.25) is 4.90 Å². The van der Waals surface area contributed by atoms with Crippen molar-refractivity contribution in [3.05, 3.63) is 0 Å². The van der Waals surface area contributed by atoms with Crippen molar-refractivity contribution in [1.29, 1.82) is 0 Å². The number of nitrogens with zero attached hydrogens (tertiary/aromatic N) is 1. The van der Waals surface area contributed by atoms with E-state index in [0.29, 0.717) is 5.54 Å². The molecule has 0 radical (unpaired) electrons. The lowest BCUT2D eigenvalue weighted by molar-refractivity contribution is 0.0529. The van der Waals surface area contributed by atoms with Gasteiger partial charge in [0.2, 0.25) is 0 Å². The van der Waals surface area contributed by atoms with Crippen LogP contribution in [0.15, 0.2) is 0 Å². The highest BCUT2D eigenvalue weighted by atomic mass is 16.5.